The molecule has 0 bridgehead atoms. The maximum atomic E-state index is 12.4. The van der Waals surface area contributed by atoms with Gasteiger partial charge < -0.3 is 15.4 Å². The minimum atomic E-state index is -0.480. The first-order chi connectivity index (χ1) is 14.2. The molecule has 2 aromatic rings. The van der Waals surface area contributed by atoms with Crippen molar-refractivity contribution < 1.29 is 9.53 Å². The van der Waals surface area contributed by atoms with Gasteiger partial charge in [0.2, 0.25) is 5.88 Å². The van der Waals surface area contributed by atoms with Gasteiger partial charge in [-0.05, 0) is 36.8 Å². The summed E-state index contributed by atoms with van der Waals surface area (Å²) < 4.78 is 5.58. The maximum absolute atomic E-state index is 12.4. The number of amides is 1. The van der Waals surface area contributed by atoms with Crippen LogP contribution in [0, 0.1) is 0 Å². The van der Waals surface area contributed by atoms with Crippen LogP contribution < -0.4 is 15.4 Å². The second-order valence-corrected chi connectivity index (χ2v) is 7.80. The molecule has 0 aliphatic carbocycles. The number of unbranched alkanes of at least 4 members (excludes halogenated alkanes) is 2. The molecule has 1 aliphatic rings. The monoisotopic (exact) mass is 429 g/mol. The SMILES string of the molecule is CCCCCOc1ccc(NC(=S)NC(=O)C2CSC(c3cccnc3)=N2)cn1. The highest BCUT2D eigenvalue weighted by Gasteiger charge is 2.26. The van der Waals surface area contributed by atoms with Crippen molar-refractivity contribution in [3.05, 3.63) is 48.4 Å². The van der Waals surface area contributed by atoms with Crippen molar-refractivity contribution in [1.82, 2.24) is 15.3 Å². The molecule has 1 amide bonds. The first kappa shape index (κ1) is 21.2. The molecule has 0 fully saturated rings. The van der Waals surface area contributed by atoms with E-state index in [0.29, 0.717) is 23.9 Å². The Balaban J connectivity index is 1.47. The summed E-state index contributed by atoms with van der Waals surface area (Å²) in [5.74, 6) is 0.907. The second-order valence-electron chi connectivity index (χ2n) is 6.39. The maximum Gasteiger partial charge on any atom is 0.251 e. The Morgan fingerprint density at radius 2 is 2.21 bits per heavy atom. The molecular weight excluding hydrogens is 406 g/mol. The molecule has 1 atom stereocenters. The number of nitrogens with zero attached hydrogens (tertiary/aromatic N) is 3. The number of carbonyl (C=O) groups is 1. The van der Waals surface area contributed by atoms with E-state index in [1.165, 1.54) is 11.8 Å². The molecule has 1 unspecified atom stereocenters. The van der Waals surface area contributed by atoms with E-state index in [9.17, 15) is 4.79 Å². The predicted octanol–water partition coefficient (Wildman–Crippen LogP) is 3.42. The molecule has 9 heteroatoms. The zero-order valence-corrected chi connectivity index (χ0v) is 17.8. The average molecular weight is 430 g/mol. The van der Waals surface area contributed by atoms with Crippen LogP contribution in [0.5, 0.6) is 5.88 Å². The van der Waals surface area contributed by atoms with E-state index >= 15 is 0 Å². The Morgan fingerprint density at radius 1 is 1.31 bits per heavy atom. The van der Waals surface area contributed by atoms with Gasteiger partial charge in [0.1, 0.15) is 11.1 Å². The quantitative estimate of drug-likeness (QED) is 0.491. The molecule has 0 spiro atoms. The highest BCUT2D eigenvalue weighted by molar-refractivity contribution is 8.14. The van der Waals surface area contributed by atoms with Gasteiger partial charge in [0.05, 0.1) is 18.5 Å². The number of carbonyl (C=O) groups excluding carboxylic acids is 1. The van der Waals surface area contributed by atoms with Crippen molar-refractivity contribution in [2.45, 2.75) is 32.2 Å². The standard InChI is InChI=1S/C20H23N5O2S2/c1-2-3-4-10-27-17-8-7-15(12-22-17)23-20(28)25-18(26)16-13-29-19(24-16)14-6-5-9-21-11-14/h5-9,11-12,16H,2-4,10,13H2,1H3,(H2,23,25,26,28). The lowest BCUT2D eigenvalue weighted by Crippen LogP contribution is -2.40. The van der Waals surface area contributed by atoms with E-state index < -0.39 is 6.04 Å². The summed E-state index contributed by atoms with van der Waals surface area (Å²) >= 11 is 6.77. The number of hydrogen-bond acceptors (Lipinski definition) is 7. The smallest absolute Gasteiger partial charge is 0.251 e. The lowest BCUT2D eigenvalue weighted by molar-refractivity contribution is -0.120. The summed E-state index contributed by atoms with van der Waals surface area (Å²) in [6.07, 6.45) is 8.37. The number of aromatic nitrogens is 2. The number of pyridine rings is 2. The third-order valence-corrected chi connectivity index (χ3v) is 5.39. The number of ether oxygens (including phenoxy) is 1. The van der Waals surface area contributed by atoms with Crippen LogP contribution in [0.15, 0.2) is 47.8 Å². The van der Waals surface area contributed by atoms with Crippen LogP contribution in [0.1, 0.15) is 31.7 Å². The van der Waals surface area contributed by atoms with Gasteiger partial charge in [-0.25, -0.2) is 4.98 Å². The number of rotatable bonds is 8. The fourth-order valence-corrected chi connectivity index (χ4v) is 3.83. The number of anilines is 1. The lowest BCUT2D eigenvalue weighted by Gasteiger charge is -2.11. The van der Waals surface area contributed by atoms with Gasteiger partial charge in [0, 0.05) is 29.8 Å². The Labute approximate surface area is 179 Å². The van der Waals surface area contributed by atoms with Crippen LogP contribution >= 0.6 is 24.0 Å². The van der Waals surface area contributed by atoms with Crippen LogP contribution in [0.4, 0.5) is 5.69 Å². The third-order valence-electron chi connectivity index (χ3n) is 4.09. The van der Waals surface area contributed by atoms with Crippen LogP contribution in [0.3, 0.4) is 0 Å². The van der Waals surface area contributed by atoms with Crippen LogP contribution in [-0.2, 0) is 4.79 Å². The van der Waals surface area contributed by atoms with E-state index in [1.807, 2.05) is 18.2 Å². The van der Waals surface area contributed by atoms with Crippen LogP contribution in [-0.4, -0.2) is 44.4 Å². The number of thioether (sulfide) groups is 1. The molecule has 2 N–H and O–H groups in total. The van der Waals surface area contributed by atoms with Crippen LogP contribution in [0.25, 0.3) is 0 Å². The molecule has 1 aliphatic heterocycles. The second kappa shape index (κ2) is 10.9. The molecule has 0 saturated heterocycles. The van der Waals surface area contributed by atoms with Gasteiger partial charge in [-0.1, -0.05) is 19.8 Å². The third kappa shape index (κ3) is 6.50. The Hall–Kier alpha value is -2.52. The minimum Gasteiger partial charge on any atom is -0.478 e. The Kier molecular flexibility index (Phi) is 7.94. The van der Waals surface area contributed by atoms with Crippen molar-refractivity contribution in [1.29, 1.82) is 0 Å². The van der Waals surface area contributed by atoms with Gasteiger partial charge in [-0.15, -0.1) is 11.8 Å². The normalized spacial score (nSPS) is 15.5. The van der Waals surface area contributed by atoms with Gasteiger partial charge in [0.25, 0.3) is 5.91 Å². The van der Waals surface area contributed by atoms with E-state index in [2.05, 4.69) is 32.5 Å². The molecule has 29 heavy (non-hydrogen) atoms. The largest absolute Gasteiger partial charge is 0.478 e. The van der Waals surface area contributed by atoms with Crippen LogP contribution in [0.2, 0.25) is 0 Å². The molecule has 3 heterocycles. The van der Waals surface area contributed by atoms with Crippen molar-refractivity contribution in [3.63, 3.8) is 0 Å². The van der Waals surface area contributed by atoms with E-state index in [-0.39, 0.29) is 11.0 Å². The van der Waals surface area contributed by atoms with E-state index in [0.717, 1.165) is 29.9 Å². The molecular formula is C20H23N5O2S2. The lowest BCUT2D eigenvalue weighted by atomic mass is 10.3. The number of aliphatic imine (C=N–C) groups is 1. The zero-order chi connectivity index (χ0) is 20.5. The molecule has 0 saturated carbocycles. The molecule has 0 aromatic carbocycles. The van der Waals surface area contributed by atoms with Gasteiger partial charge >= 0.3 is 0 Å². The van der Waals surface area contributed by atoms with Gasteiger partial charge in [0.15, 0.2) is 5.11 Å². The molecule has 152 valence electrons. The summed E-state index contributed by atoms with van der Waals surface area (Å²) in [7, 11) is 0. The highest BCUT2D eigenvalue weighted by Crippen LogP contribution is 2.23. The number of nitrogens with one attached hydrogen (secondary N) is 2. The van der Waals surface area contributed by atoms with Gasteiger partial charge in [-0.2, -0.15) is 0 Å². The summed E-state index contributed by atoms with van der Waals surface area (Å²) in [6, 6.07) is 6.88. The van der Waals surface area contributed by atoms with E-state index in [1.54, 1.807) is 24.7 Å². The number of thiocarbonyl (C=S) groups is 1. The van der Waals surface area contributed by atoms with Crippen molar-refractivity contribution >= 4 is 45.7 Å². The number of hydrogen-bond donors (Lipinski definition) is 2. The Morgan fingerprint density at radius 3 is 2.93 bits per heavy atom. The van der Waals surface area contributed by atoms with Gasteiger partial charge in [-0.3, -0.25) is 14.8 Å². The average Bonchev–Trinajstić information content (AvgIpc) is 3.23. The Bertz CT molecular complexity index is 859. The first-order valence-electron chi connectivity index (χ1n) is 9.47. The molecule has 3 rings (SSSR count). The summed E-state index contributed by atoms with van der Waals surface area (Å²) in [5, 5.41) is 6.68. The zero-order valence-electron chi connectivity index (χ0n) is 16.1. The van der Waals surface area contributed by atoms with Crippen molar-refractivity contribution in [3.8, 4) is 5.88 Å². The summed E-state index contributed by atoms with van der Waals surface area (Å²) in [4.78, 5) is 25.2. The van der Waals surface area contributed by atoms with Crippen molar-refractivity contribution in [2.75, 3.05) is 17.7 Å². The fourth-order valence-electron chi connectivity index (χ4n) is 2.58. The predicted molar refractivity (Wildman–Crippen MR) is 121 cm³/mol. The fraction of sp³-hybridized carbons (Fsp3) is 0.350. The molecule has 2 aromatic heterocycles. The molecule has 7 nitrogen and oxygen atoms in total. The summed E-state index contributed by atoms with van der Waals surface area (Å²) in [6.45, 7) is 2.81. The summed E-state index contributed by atoms with van der Waals surface area (Å²) in [5.41, 5.74) is 1.59. The first-order valence-corrected chi connectivity index (χ1v) is 10.9. The van der Waals surface area contributed by atoms with E-state index in [4.69, 9.17) is 17.0 Å². The molecule has 0 radical (unpaired) electrons. The highest BCUT2D eigenvalue weighted by atomic mass is 32.2. The minimum absolute atomic E-state index is 0.212. The van der Waals surface area contributed by atoms with Crippen molar-refractivity contribution in [2.24, 2.45) is 4.99 Å². The topological polar surface area (TPSA) is 88.5 Å².